The Labute approximate surface area is 152 Å². The standard InChI is InChI=1S/C20H33N5/c1-2-7-15-24(14-6-1)19-11-13-22-20(23-19)25(18-10-12-21-16-18)17-8-4-3-5-9-17/h11,13,17-18,21H,1-10,12,14-16H2. The van der Waals surface area contributed by atoms with E-state index in [2.05, 4.69) is 21.2 Å². The third-order valence-electron chi connectivity index (χ3n) is 6.18. The van der Waals surface area contributed by atoms with Gasteiger partial charge in [0.2, 0.25) is 5.95 Å². The van der Waals surface area contributed by atoms with E-state index < -0.39 is 0 Å². The molecule has 2 saturated heterocycles. The summed E-state index contributed by atoms with van der Waals surface area (Å²) in [6.07, 6.45) is 15.2. The molecule has 1 aliphatic carbocycles. The van der Waals surface area contributed by atoms with Crippen LogP contribution in [0.25, 0.3) is 0 Å². The molecule has 5 nitrogen and oxygen atoms in total. The molecule has 1 atom stereocenters. The lowest BCUT2D eigenvalue weighted by molar-refractivity contribution is 0.387. The van der Waals surface area contributed by atoms with E-state index in [-0.39, 0.29) is 0 Å². The first-order chi connectivity index (χ1) is 12.4. The molecule has 5 heteroatoms. The molecule has 1 N–H and O–H groups in total. The van der Waals surface area contributed by atoms with Gasteiger partial charge in [0.05, 0.1) is 0 Å². The number of nitrogens with zero attached hydrogens (tertiary/aromatic N) is 4. The molecule has 0 spiro atoms. The second kappa shape index (κ2) is 8.35. The van der Waals surface area contributed by atoms with Gasteiger partial charge in [0, 0.05) is 37.9 Å². The first-order valence-corrected chi connectivity index (χ1v) is 10.5. The lowest BCUT2D eigenvalue weighted by atomic mass is 9.93. The van der Waals surface area contributed by atoms with E-state index in [4.69, 9.17) is 9.97 Å². The van der Waals surface area contributed by atoms with Gasteiger partial charge in [-0.15, -0.1) is 0 Å². The minimum Gasteiger partial charge on any atom is -0.356 e. The van der Waals surface area contributed by atoms with Gasteiger partial charge in [-0.05, 0) is 44.7 Å². The van der Waals surface area contributed by atoms with Crippen molar-refractivity contribution < 1.29 is 0 Å². The molecule has 0 aromatic carbocycles. The number of rotatable bonds is 4. The van der Waals surface area contributed by atoms with E-state index >= 15 is 0 Å². The Morgan fingerprint density at radius 3 is 2.40 bits per heavy atom. The maximum absolute atomic E-state index is 5.07. The van der Waals surface area contributed by atoms with E-state index in [1.165, 1.54) is 64.2 Å². The quantitative estimate of drug-likeness (QED) is 0.908. The Morgan fingerprint density at radius 1 is 0.920 bits per heavy atom. The zero-order valence-corrected chi connectivity index (χ0v) is 15.5. The highest BCUT2D eigenvalue weighted by atomic mass is 15.3. The van der Waals surface area contributed by atoms with Crippen LogP contribution in [0.15, 0.2) is 12.3 Å². The van der Waals surface area contributed by atoms with Gasteiger partial charge in [0.15, 0.2) is 0 Å². The van der Waals surface area contributed by atoms with Crippen molar-refractivity contribution in [1.29, 1.82) is 0 Å². The molecule has 0 amide bonds. The van der Waals surface area contributed by atoms with Crippen LogP contribution in [0.5, 0.6) is 0 Å². The fraction of sp³-hybridized carbons (Fsp3) is 0.800. The van der Waals surface area contributed by atoms with Crippen LogP contribution < -0.4 is 15.1 Å². The first-order valence-electron chi connectivity index (χ1n) is 10.5. The van der Waals surface area contributed by atoms with Crippen molar-refractivity contribution in [3.8, 4) is 0 Å². The molecule has 0 bridgehead atoms. The van der Waals surface area contributed by atoms with Crippen LogP contribution in [0.3, 0.4) is 0 Å². The topological polar surface area (TPSA) is 44.3 Å². The molecule has 2 aliphatic heterocycles. The molecular weight excluding hydrogens is 310 g/mol. The molecule has 4 rings (SSSR count). The molecular formula is C20H33N5. The zero-order chi connectivity index (χ0) is 16.9. The molecule has 1 saturated carbocycles. The number of hydrogen-bond acceptors (Lipinski definition) is 5. The largest absolute Gasteiger partial charge is 0.356 e. The van der Waals surface area contributed by atoms with E-state index in [0.717, 1.165) is 37.9 Å². The summed E-state index contributed by atoms with van der Waals surface area (Å²) in [5.74, 6) is 2.11. The third kappa shape index (κ3) is 4.08. The summed E-state index contributed by atoms with van der Waals surface area (Å²) in [5.41, 5.74) is 0. The number of anilines is 2. The second-order valence-corrected chi connectivity index (χ2v) is 7.96. The first kappa shape index (κ1) is 17.1. The molecule has 3 aliphatic rings. The normalized spacial score (nSPS) is 25.8. The average molecular weight is 344 g/mol. The van der Waals surface area contributed by atoms with Crippen LogP contribution in [0, 0.1) is 0 Å². The highest BCUT2D eigenvalue weighted by molar-refractivity contribution is 5.45. The lowest BCUT2D eigenvalue weighted by Crippen LogP contribution is -2.46. The van der Waals surface area contributed by atoms with Gasteiger partial charge < -0.3 is 15.1 Å². The van der Waals surface area contributed by atoms with Gasteiger partial charge in [-0.1, -0.05) is 32.1 Å². The molecule has 3 heterocycles. The molecule has 1 aromatic heterocycles. The van der Waals surface area contributed by atoms with Crippen LogP contribution in [0.1, 0.15) is 64.2 Å². The maximum atomic E-state index is 5.07. The van der Waals surface area contributed by atoms with Crippen LogP contribution in [0.2, 0.25) is 0 Å². The van der Waals surface area contributed by atoms with Crippen molar-refractivity contribution in [2.24, 2.45) is 0 Å². The van der Waals surface area contributed by atoms with Crippen molar-refractivity contribution >= 4 is 11.8 Å². The summed E-state index contributed by atoms with van der Waals surface area (Å²) in [4.78, 5) is 14.9. The van der Waals surface area contributed by atoms with E-state index in [9.17, 15) is 0 Å². The van der Waals surface area contributed by atoms with Gasteiger partial charge >= 0.3 is 0 Å². The van der Waals surface area contributed by atoms with Gasteiger partial charge in [-0.25, -0.2) is 4.98 Å². The van der Waals surface area contributed by atoms with Gasteiger partial charge in [0.1, 0.15) is 5.82 Å². The Bertz CT molecular complexity index is 529. The third-order valence-corrected chi connectivity index (χ3v) is 6.18. The van der Waals surface area contributed by atoms with Crippen LogP contribution in [-0.2, 0) is 0 Å². The Hall–Kier alpha value is -1.36. The van der Waals surface area contributed by atoms with E-state index in [1.807, 2.05) is 6.20 Å². The average Bonchev–Trinajstić information content (AvgIpc) is 3.04. The monoisotopic (exact) mass is 343 g/mol. The fourth-order valence-corrected chi connectivity index (χ4v) is 4.80. The van der Waals surface area contributed by atoms with Crippen molar-refractivity contribution in [3.05, 3.63) is 12.3 Å². The summed E-state index contributed by atoms with van der Waals surface area (Å²) in [5, 5.41) is 3.54. The molecule has 3 fully saturated rings. The fourth-order valence-electron chi connectivity index (χ4n) is 4.80. The smallest absolute Gasteiger partial charge is 0.227 e. The molecule has 25 heavy (non-hydrogen) atoms. The van der Waals surface area contributed by atoms with Gasteiger partial charge in [0.25, 0.3) is 0 Å². The number of nitrogens with one attached hydrogen (secondary N) is 1. The predicted octanol–water partition coefficient (Wildman–Crippen LogP) is 3.36. The summed E-state index contributed by atoms with van der Waals surface area (Å²) < 4.78 is 0. The van der Waals surface area contributed by atoms with E-state index in [1.54, 1.807) is 0 Å². The van der Waals surface area contributed by atoms with E-state index in [0.29, 0.717) is 12.1 Å². The van der Waals surface area contributed by atoms with Crippen molar-refractivity contribution in [2.45, 2.75) is 76.3 Å². The van der Waals surface area contributed by atoms with Gasteiger partial charge in [-0.3, -0.25) is 0 Å². The van der Waals surface area contributed by atoms with Crippen molar-refractivity contribution in [1.82, 2.24) is 15.3 Å². The van der Waals surface area contributed by atoms with Crippen LogP contribution in [0.4, 0.5) is 11.8 Å². The Balaban J connectivity index is 1.58. The molecule has 138 valence electrons. The predicted molar refractivity (Wildman–Crippen MR) is 103 cm³/mol. The minimum atomic E-state index is 0.558. The summed E-state index contributed by atoms with van der Waals surface area (Å²) in [7, 11) is 0. The summed E-state index contributed by atoms with van der Waals surface area (Å²) in [6, 6.07) is 3.29. The van der Waals surface area contributed by atoms with Crippen LogP contribution in [-0.4, -0.2) is 48.2 Å². The molecule has 1 unspecified atom stereocenters. The second-order valence-electron chi connectivity index (χ2n) is 7.96. The Kier molecular flexibility index (Phi) is 5.70. The molecule has 0 radical (unpaired) electrons. The van der Waals surface area contributed by atoms with Crippen molar-refractivity contribution in [2.75, 3.05) is 36.0 Å². The summed E-state index contributed by atoms with van der Waals surface area (Å²) >= 11 is 0. The summed E-state index contributed by atoms with van der Waals surface area (Å²) in [6.45, 7) is 4.49. The number of hydrogen-bond donors (Lipinski definition) is 1. The zero-order valence-electron chi connectivity index (χ0n) is 15.5. The Morgan fingerprint density at radius 2 is 1.68 bits per heavy atom. The van der Waals surface area contributed by atoms with Crippen molar-refractivity contribution in [3.63, 3.8) is 0 Å². The van der Waals surface area contributed by atoms with Gasteiger partial charge in [-0.2, -0.15) is 4.98 Å². The number of aromatic nitrogens is 2. The highest BCUT2D eigenvalue weighted by Gasteiger charge is 2.31. The molecule has 1 aromatic rings. The maximum Gasteiger partial charge on any atom is 0.227 e. The lowest BCUT2D eigenvalue weighted by Gasteiger charge is -2.38. The van der Waals surface area contributed by atoms with Crippen LogP contribution >= 0.6 is 0 Å². The highest BCUT2D eigenvalue weighted by Crippen LogP contribution is 2.30. The SMILES string of the molecule is c1cc(N2CCCCCC2)nc(N(C2CCCCC2)C2CCNC2)n1. The minimum absolute atomic E-state index is 0.558.